The number of para-hydroxylation sites is 1. The van der Waals surface area contributed by atoms with Crippen LogP contribution in [0.1, 0.15) is 23.2 Å². The number of anilines is 2. The van der Waals surface area contributed by atoms with E-state index in [2.05, 4.69) is 21.0 Å². The second-order valence-corrected chi connectivity index (χ2v) is 7.55. The molecule has 1 aromatic heterocycles. The van der Waals surface area contributed by atoms with Crippen LogP contribution in [0.25, 0.3) is 5.69 Å². The van der Waals surface area contributed by atoms with Crippen molar-refractivity contribution in [3.63, 3.8) is 0 Å². The highest BCUT2D eigenvalue weighted by Crippen LogP contribution is 2.21. The summed E-state index contributed by atoms with van der Waals surface area (Å²) in [4.78, 5) is 24.8. The van der Waals surface area contributed by atoms with E-state index in [0.29, 0.717) is 40.9 Å². The maximum absolute atomic E-state index is 12.6. The Labute approximate surface area is 184 Å². The zero-order chi connectivity index (χ0) is 21.6. The average Bonchev–Trinajstić information content (AvgIpc) is 3.24. The van der Waals surface area contributed by atoms with Crippen LogP contribution >= 0.6 is 11.6 Å². The molecule has 160 valence electrons. The van der Waals surface area contributed by atoms with Gasteiger partial charge in [0.25, 0.3) is 5.91 Å². The predicted molar refractivity (Wildman–Crippen MR) is 119 cm³/mol. The van der Waals surface area contributed by atoms with Crippen molar-refractivity contribution in [2.45, 2.75) is 18.9 Å². The topological polar surface area (TPSA) is 97.3 Å². The Hall–Kier alpha value is -3.36. The number of hydrogen-bond acceptors (Lipinski definition) is 4. The second kappa shape index (κ2) is 9.63. The molecule has 3 N–H and O–H groups in total. The number of ether oxygens (including phenoxy) is 1. The van der Waals surface area contributed by atoms with Gasteiger partial charge in [-0.25, -0.2) is 9.48 Å². The van der Waals surface area contributed by atoms with Gasteiger partial charge < -0.3 is 20.7 Å². The van der Waals surface area contributed by atoms with E-state index in [1.165, 1.54) is 6.20 Å². The number of halogens is 1. The van der Waals surface area contributed by atoms with Crippen LogP contribution < -0.4 is 16.0 Å². The lowest BCUT2D eigenvalue weighted by Crippen LogP contribution is -2.38. The molecule has 0 aliphatic carbocycles. The first-order chi connectivity index (χ1) is 15.1. The lowest BCUT2D eigenvalue weighted by Gasteiger charge is -2.23. The number of nitrogens with one attached hydrogen (secondary N) is 3. The summed E-state index contributed by atoms with van der Waals surface area (Å²) in [5, 5.41) is 13.2. The highest BCUT2D eigenvalue weighted by atomic mass is 35.5. The van der Waals surface area contributed by atoms with E-state index in [9.17, 15) is 9.59 Å². The predicted octanol–water partition coefficient (Wildman–Crippen LogP) is 4.08. The van der Waals surface area contributed by atoms with E-state index in [0.717, 1.165) is 12.8 Å². The van der Waals surface area contributed by atoms with Gasteiger partial charge in [0, 0.05) is 24.8 Å². The summed E-state index contributed by atoms with van der Waals surface area (Å²) in [6.45, 7) is 1.33. The van der Waals surface area contributed by atoms with Gasteiger partial charge >= 0.3 is 6.03 Å². The Morgan fingerprint density at radius 3 is 2.68 bits per heavy atom. The van der Waals surface area contributed by atoms with E-state index >= 15 is 0 Å². The van der Waals surface area contributed by atoms with E-state index in [1.54, 1.807) is 53.3 Å². The Kier molecular flexibility index (Phi) is 6.49. The zero-order valence-corrected chi connectivity index (χ0v) is 17.4. The number of carbonyl (C=O) groups excluding carboxylic acids is 2. The molecule has 9 heteroatoms. The molecule has 0 atom stereocenters. The number of carbonyl (C=O) groups is 2. The van der Waals surface area contributed by atoms with Crippen molar-refractivity contribution >= 4 is 34.9 Å². The smallest absolute Gasteiger partial charge is 0.323 e. The summed E-state index contributed by atoms with van der Waals surface area (Å²) in [6, 6.07) is 13.8. The van der Waals surface area contributed by atoms with Crippen molar-refractivity contribution in [1.82, 2.24) is 15.1 Å². The molecule has 0 saturated carbocycles. The van der Waals surface area contributed by atoms with Crippen LogP contribution in [-0.4, -0.2) is 41.0 Å². The summed E-state index contributed by atoms with van der Waals surface area (Å²) in [5.41, 5.74) is 2.27. The SMILES string of the molecule is O=C(Nc1cnn(-c2cccc(C(=O)NC3CCOCC3)c2)c1)Nc1ccccc1Cl. The summed E-state index contributed by atoms with van der Waals surface area (Å²) >= 11 is 6.06. The second-order valence-electron chi connectivity index (χ2n) is 7.14. The molecule has 3 aromatic rings. The van der Waals surface area contributed by atoms with Gasteiger partial charge in [-0.2, -0.15) is 5.10 Å². The van der Waals surface area contributed by atoms with Crippen LogP contribution in [0, 0.1) is 0 Å². The number of rotatable bonds is 5. The van der Waals surface area contributed by atoms with Crippen LogP contribution in [0.4, 0.5) is 16.2 Å². The highest BCUT2D eigenvalue weighted by molar-refractivity contribution is 6.33. The standard InChI is InChI=1S/C22H22ClN5O3/c23-19-6-1-2-7-20(19)27-22(30)26-17-13-24-28(14-17)18-5-3-4-15(12-18)21(29)25-16-8-10-31-11-9-16/h1-7,12-14,16H,8-11H2,(H,25,29)(H2,26,27,30). The molecule has 4 rings (SSSR count). The fraction of sp³-hybridized carbons (Fsp3) is 0.227. The minimum absolute atomic E-state index is 0.127. The highest BCUT2D eigenvalue weighted by Gasteiger charge is 2.17. The number of benzene rings is 2. The number of hydrogen-bond donors (Lipinski definition) is 3. The Morgan fingerprint density at radius 1 is 1.06 bits per heavy atom. The van der Waals surface area contributed by atoms with Crippen LogP contribution in [0.3, 0.4) is 0 Å². The summed E-state index contributed by atoms with van der Waals surface area (Å²) in [7, 11) is 0. The summed E-state index contributed by atoms with van der Waals surface area (Å²) in [6.07, 6.45) is 4.83. The molecule has 8 nitrogen and oxygen atoms in total. The van der Waals surface area contributed by atoms with Crippen LogP contribution in [0.5, 0.6) is 0 Å². The van der Waals surface area contributed by atoms with Crippen molar-refractivity contribution in [2.75, 3.05) is 23.8 Å². The van der Waals surface area contributed by atoms with E-state index in [4.69, 9.17) is 16.3 Å². The first kappa shape index (κ1) is 20.9. The fourth-order valence-electron chi connectivity index (χ4n) is 3.28. The first-order valence-corrected chi connectivity index (χ1v) is 10.3. The molecule has 1 saturated heterocycles. The third-order valence-corrected chi connectivity index (χ3v) is 5.22. The molecule has 2 aromatic carbocycles. The van der Waals surface area contributed by atoms with Crippen molar-refractivity contribution in [2.24, 2.45) is 0 Å². The third kappa shape index (κ3) is 5.42. The van der Waals surface area contributed by atoms with Gasteiger partial charge in [-0.3, -0.25) is 4.79 Å². The molecule has 1 aliphatic heterocycles. The number of urea groups is 1. The van der Waals surface area contributed by atoms with Gasteiger partial charge in [-0.15, -0.1) is 0 Å². The van der Waals surface area contributed by atoms with Crippen LogP contribution in [-0.2, 0) is 4.74 Å². The molecule has 0 spiro atoms. The van der Waals surface area contributed by atoms with Gasteiger partial charge in [-0.05, 0) is 43.2 Å². The first-order valence-electron chi connectivity index (χ1n) is 9.95. The summed E-state index contributed by atoms with van der Waals surface area (Å²) < 4.78 is 6.92. The minimum atomic E-state index is -0.433. The van der Waals surface area contributed by atoms with Gasteiger partial charge in [0.2, 0.25) is 0 Å². The average molecular weight is 440 g/mol. The maximum atomic E-state index is 12.6. The largest absolute Gasteiger partial charge is 0.381 e. The lowest BCUT2D eigenvalue weighted by molar-refractivity contribution is 0.0696. The van der Waals surface area contributed by atoms with E-state index in [-0.39, 0.29) is 11.9 Å². The number of aromatic nitrogens is 2. The molecule has 3 amide bonds. The van der Waals surface area contributed by atoms with Crippen LogP contribution in [0.2, 0.25) is 5.02 Å². The number of nitrogens with zero attached hydrogens (tertiary/aromatic N) is 2. The Morgan fingerprint density at radius 2 is 1.87 bits per heavy atom. The normalized spacial score (nSPS) is 14.1. The number of amides is 3. The molecule has 2 heterocycles. The van der Waals surface area contributed by atoms with Gasteiger partial charge in [0.05, 0.1) is 34.5 Å². The van der Waals surface area contributed by atoms with Crippen molar-refractivity contribution in [3.8, 4) is 5.69 Å². The van der Waals surface area contributed by atoms with E-state index < -0.39 is 6.03 Å². The van der Waals surface area contributed by atoms with E-state index in [1.807, 2.05) is 6.07 Å². The quantitative estimate of drug-likeness (QED) is 0.558. The fourth-order valence-corrected chi connectivity index (χ4v) is 3.46. The van der Waals surface area contributed by atoms with Crippen molar-refractivity contribution in [3.05, 3.63) is 71.5 Å². The van der Waals surface area contributed by atoms with Crippen molar-refractivity contribution in [1.29, 1.82) is 0 Å². The summed E-state index contributed by atoms with van der Waals surface area (Å²) in [5.74, 6) is -0.127. The molecule has 0 unspecified atom stereocenters. The molecular formula is C22H22ClN5O3. The van der Waals surface area contributed by atoms with Gasteiger partial charge in [0.15, 0.2) is 0 Å². The molecule has 0 radical (unpaired) electrons. The molecule has 1 fully saturated rings. The third-order valence-electron chi connectivity index (χ3n) is 4.89. The lowest BCUT2D eigenvalue weighted by atomic mass is 10.1. The van der Waals surface area contributed by atoms with Gasteiger partial charge in [-0.1, -0.05) is 29.8 Å². The zero-order valence-electron chi connectivity index (χ0n) is 16.7. The molecule has 0 bridgehead atoms. The Bertz CT molecular complexity index is 1080. The van der Waals surface area contributed by atoms with Crippen molar-refractivity contribution < 1.29 is 14.3 Å². The van der Waals surface area contributed by atoms with Crippen LogP contribution in [0.15, 0.2) is 60.9 Å². The monoisotopic (exact) mass is 439 g/mol. The minimum Gasteiger partial charge on any atom is -0.381 e. The molecule has 31 heavy (non-hydrogen) atoms. The maximum Gasteiger partial charge on any atom is 0.323 e. The molecular weight excluding hydrogens is 418 g/mol. The molecule has 1 aliphatic rings. The Balaban J connectivity index is 1.40. The van der Waals surface area contributed by atoms with Gasteiger partial charge in [0.1, 0.15) is 0 Å².